The molecule has 0 aliphatic carbocycles. The number of benzene rings is 1. The summed E-state index contributed by atoms with van der Waals surface area (Å²) in [6.45, 7) is 2.85. The van der Waals surface area contributed by atoms with Crippen LogP contribution in [0.2, 0.25) is 0 Å². The third-order valence-corrected chi connectivity index (χ3v) is 5.12. The van der Waals surface area contributed by atoms with Crippen molar-refractivity contribution in [3.05, 3.63) is 12.1 Å². The van der Waals surface area contributed by atoms with E-state index in [9.17, 15) is 9.59 Å². The molecule has 1 amide bonds. The van der Waals surface area contributed by atoms with Gasteiger partial charge in [0, 0.05) is 35.9 Å². The maximum atomic E-state index is 12.5. The second kappa shape index (κ2) is 10.3. The number of esters is 1. The monoisotopic (exact) mass is 398 g/mol. The molecule has 2 rings (SSSR count). The van der Waals surface area contributed by atoms with E-state index in [4.69, 9.17) is 18.9 Å². The fraction of sp³-hybridized carbons (Fsp3) is 0.556. The van der Waals surface area contributed by atoms with Gasteiger partial charge in [-0.15, -0.1) is 0 Å². The van der Waals surface area contributed by atoms with Gasteiger partial charge in [0.05, 0.1) is 34.5 Å². The van der Waals surface area contributed by atoms with Crippen molar-refractivity contribution in [1.29, 1.82) is 0 Å². The Morgan fingerprint density at radius 3 is 2.41 bits per heavy atom. The van der Waals surface area contributed by atoms with Crippen molar-refractivity contribution in [1.82, 2.24) is 4.90 Å². The molecular weight excluding hydrogens is 372 g/mol. The van der Waals surface area contributed by atoms with Gasteiger partial charge >= 0.3 is 5.97 Å². The third kappa shape index (κ3) is 5.43. The van der Waals surface area contributed by atoms with Crippen LogP contribution in [0.1, 0.15) is 6.92 Å². The highest BCUT2D eigenvalue weighted by atomic mass is 32.2. The fourth-order valence-corrected chi connectivity index (χ4v) is 3.92. The zero-order valence-corrected chi connectivity index (χ0v) is 16.9. The summed E-state index contributed by atoms with van der Waals surface area (Å²) in [5.41, 5.74) is 0.522. The lowest BCUT2D eigenvalue weighted by atomic mass is 10.2. The lowest BCUT2D eigenvalue weighted by Gasteiger charge is -2.32. The first kappa shape index (κ1) is 21.2. The zero-order chi connectivity index (χ0) is 19.8. The number of carbonyl (C=O) groups is 2. The molecule has 9 heteroatoms. The number of methoxy groups -OCH3 is 3. The molecule has 0 radical (unpaired) electrons. The summed E-state index contributed by atoms with van der Waals surface area (Å²) in [5.74, 6) is 2.32. The number of hydrogen-bond acceptors (Lipinski definition) is 8. The van der Waals surface area contributed by atoms with E-state index in [1.165, 1.54) is 21.3 Å². The first-order valence-corrected chi connectivity index (χ1v) is 9.77. The van der Waals surface area contributed by atoms with Gasteiger partial charge in [0.2, 0.25) is 11.7 Å². The Morgan fingerprint density at radius 2 is 1.85 bits per heavy atom. The largest absolute Gasteiger partial charge is 0.493 e. The van der Waals surface area contributed by atoms with Crippen LogP contribution in [0.4, 0.5) is 5.69 Å². The average Bonchev–Trinajstić information content (AvgIpc) is 2.67. The molecule has 0 spiro atoms. The molecule has 0 bridgehead atoms. The Kier molecular flexibility index (Phi) is 8.05. The maximum absolute atomic E-state index is 12.5. The standard InChI is InChI=1S/C18H26N2O6S/c1-5-26-18(22)13-11-27-7-6-20(13)10-16(21)19-12-8-14(23-2)17(25-4)15(9-12)24-3/h8-9,13H,5-7,10-11H2,1-4H3,(H,19,21)/t13-/m1/s1. The molecule has 150 valence electrons. The van der Waals surface area contributed by atoms with Crippen molar-refractivity contribution in [2.75, 3.05) is 57.8 Å². The van der Waals surface area contributed by atoms with Crippen LogP contribution < -0.4 is 19.5 Å². The average molecular weight is 398 g/mol. The number of nitrogens with zero attached hydrogens (tertiary/aromatic N) is 1. The van der Waals surface area contributed by atoms with Crippen molar-refractivity contribution in [3.63, 3.8) is 0 Å². The van der Waals surface area contributed by atoms with Gasteiger partial charge in [0.15, 0.2) is 11.5 Å². The highest BCUT2D eigenvalue weighted by molar-refractivity contribution is 7.99. The van der Waals surface area contributed by atoms with Crippen LogP contribution in [0, 0.1) is 0 Å². The smallest absolute Gasteiger partial charge is 0.324 e. The molecular formula is C18H26N2O6S. The van der Waals surface area contributed by atoms with Gasteiger partial charge < -0.3 is 24.3 Å². The van der Waals surface area contributed by atoms with E-state index in [0.717, 1.165) is 5.75 Å². The lowest BCUT2D eigenvalue weighted by molar-refractivity contribution is -0.148. The molecule has 1 aromatic rings. The Labute approximate surface area is 163 Å². The number of anilines is 1. The van der Waals surface area contributed by atoms with E-state index in [1.54, 1.807) is 30.8 Å². The van der Waals surface area contributed by atoms with Crippen LogP contribution >= 0.6 is 11.8 Å². The molecule has 1 fully saturated rings. The summed E-state index contributed by atoms with van der Waals surface area (Å²) in [6, 6.07) is 2.91. The van der Waals surface area contributed by atoms with Crippen LogP contribution in [-0.4, -0.2) is 75.3 Å². The molecule has 1 N–H and O–H groups in total. The van der Waals surface area contributed by atoms with E-state index in [2.05, 4.69) is 5.32 Å². The SMILES string of the molecule is CCOC(=O)[C@H]1CSCCN1CC(=O)Nc1cc(OC)c(OC)c(OC)c1. The van der Waals surface area contributed by atoms with Crippen LogP contribution in [0.25, 0.3) is 0 Å². The van der Waals surface area contributed by atoms with Crippen LogP contribution in [0.5, 0.6) is 17.2 Å². The molecule has 1 saturated heterocycles. The highest BCUT2D eigenvalue weighted by Crippen LogP contribution is 2.39. The first-order valence-electron chi connectivity index (χ1n) is 8.62. The summed E-state index contributed by atoms with van der Waals surface area (Å²) in [6.07, 6.45) is 0. The molecule has 27 heavy (non-hydrogen) atoms. The van der Waals surface area contributed by atoms with Gasteiger partial charge in [0.1, 0.15) is 6.04 Å². The van der Waals surface area contributed by atoms with Gasteiger partial charge in [-0.05, 0) is 6.92 Å². The number of nitrogens with one attached hydrogen (secondary N) is 1. The zero-order valence-electron chi connectivity index (χ0n) is 16.1. The summed E-state index contributed by atoms with van der Waals surface area (Å²) in [5, 5.41) is 2.83. The molecule has 0 unspecified atom stereocenters. The maximum Gasteiger partial charge on any atom is 0.324 e. The minimum atomic E-state index is -0.408. The molecule has 0 aromatic heterocycles. The molecule has 1 aliphatic heterocycles. The molecule has 1 heterocycles. The van der Waals surface area contributed by atoms with Crippen LogP contribution in [0.3, 0.4) is 0 Å². The van der Waals surface area contributed by atoms with Crippen molar-refractivity contribution < 1.29 is 28.5 Å². The summed E-state index contributed by atoms with van der Waals surface area (Å²) in [7, 11) is 4.54. The second-order valence-corrected chi connectivity index (χ2v) is 6.93. The number of hydrogen-bond donors (Lipinski definition) is 1. The predicted octanol–water partition coefficient (Wildman–Crippen LogP) is 1.63. The van der Waals surface area contributed by atoms with Crippen LogP contribution in [0.15, 0.2) is 12.1 Å². The molecule has 1 aromatic carbocycles. The number of rotatable bonds is 8. The normalized spacial score (nSPS) is 17.1. The second-order valence-electron chi connectivity index (χ2n) is 5.78. The number of thioether (sulfide) groups is 1. The van der Waals surface area contributed by atoms with Crippen molar-refractivity contribution in [2.45, 2.75) is 13.0 Å². The highest BCUT2D eigenvalue weighted by Gasteiger charge is 2.31. The van der Waals surface area contributed by atoms with Gasteiger partial charge in [0.25, 0.3) is 0 Å². The van der Waals surface area contributed by atoms with Crippen molar-refractivity contribution in [3.8, 4) is 17.2 Å². The van der Waals surface area contributed by atoms with E-state index in [1.807, 2.05) is 4.90 Å². The van der Waals surface area contributed by atoms with Gasteiger partial charge in [-0.3, -0.25) is 14.5 Å². The summed E-state index contributed by atoms with van der Waals surface area (Å²) in [4.78, 5) is 26.5. The minimum absolute atomic E-state index is 0.0979. The van der Waals surface area contributed by atoms with Gasteiger partial charge in [-0.1, -0.05) is 0 Å². The quantitative estimate of drug-likeness (QED) is 0.662. The molecule has 8 nitrogen and oxygen atoms in total. The molecule has 1 atom stereocenters. The van der Waals surface area contributed by atoms with E-state index in [0.29, 0.717) is 41.8 Å². The van der Waals surface area contributed by atoms with Gasteiger partial charge in [-0.2, -0.15) is 11.8 Å². The Morgan fingerprint density at radius 1 is 1.19 bits per heavy atom. The van der Waals surface area contributed by atoms with E-state index >= 15 is 0 Å². The van der Waals surface area contributed by atoms with Crippen molar-refractivity contribution >= 4 is 29.3 Å². The van der Waals surface area contributed by atoms with Gasteiger partial charge in [-0.25, -0.2) is 0 Å². The van der Waals surface area contributed by atoms with E-state index < -0.39 is 6.04 Å². The number of ether oxygens (including phenoxy) is 4. The Bertz CT molecular complexity index is 644. The van der Waals surface area contributed by atoms with E-state index in [-0.39, 0.29) is 18.4 Å². The molecule has 1 aliphatic rings. The lowest BCUT2D eigenvalue weighted by Crippen LogP contribution is -2.50. The number of carbonyl (C=O) groups excluding carboxylic acids is 2. The summed E-state index contributed by atoms with van der Waals surface area (Å²) >= 11 is 1.68. The summed E-state index contributed by atoms with van der Waals surface area (Å²) < 4.78 is 21.0. The molecule has 0 saturated carbocycles. The van der Waals surface area contributed by atoms with Crippen LogP contribution in [-0.2, 0) is 14.3 Å². The Balaban J connectivity index is 2.09. The number of amides is 1. The minimum Gasteiger partial charge on any atom is -0.493 e. The van der Waals surface area contributed by atoms with Crippen molar-refractivity contribution in [2.24, 2.45) is 0 Å². The third-order valence-electron chi connectivity index (χ3n) is 4.09. The topological polar surface area (TPSA) is 86.3 Å². The fourth-order valence-electron chi connectivity index (χ4n) is 2.82. The predicted molar refractivity (Wildman–Crippen MR) is 104 cm³/mol. The first-order chi connectivity index (χ1) is 13.0. The Hall–Kier alpha value is -2.13.